The van der Waals surface area contributed by atoms with Gasteiger partial charge in [0.15, 0.2) is 0 Å². The monoisotopic (exact) mass is 1580 g/mol. The van der Waals surface area contributed by atoms with Gasteiger partial charge in [-0.2, -0.15) is 0 Å². The third kappa shape index (κ3) is 117. The molecule has 0 fully saturated rings. The van der Waals surface area contributed by atoms with E-state index in [-0.39, 0.29) is 66.9 Å². The van der Waals surface area contributed by atoms with Crippen molar-refractivity contribution in [3.05, 3.63) is 146 Å². The quantitative estimate of drug-likeness (QED) is 0.0441. The summed E-state index contributed by atoms with van der Waals surface area (Å²) in [5.41, 5.74) is -2.33. The largest absolute Gasteiger partial charge is 0.478 e. The molecule has 0 unspecified atom stereocenters. The van der Waals surface area contributed by atoms with E-state index in [1.54, 1.807) is 0 Å². The molecule has 0 saturated heterocycles. The zero-order valence-corrected chi connectivity index (χ0v) is 63.2. The van der Waals surface area contributed by atoms with Crippen molar-refractivity contribution in [2.75, 3.05) is 106 Å². The zero-order chi connectivity index (χ0) is 91.2. The molecule has 0 aromatic heterocycles. The topological polar surface area (TPSA) is 771 Å². The average molecular weight is 1580 g/mol. The highest BCUT2D eigenvalue weighted by Gasteiger charge is 2.29. The van der Waals surface area contributed by atoms with Crippen LogP contribution in [-0.4, -0.2) is 320 Å². The van der Waals surface area contributed by atoms with E-state index in [1.807, 2.05) is 0 Å². The van der Waals surface area contributed by atoms with Crippen LogP contribution in [0, 0.1) is 21.7 Å². The Labute approximate surface area is 626 Å². The van der Waals surface area contributed by atoms with E-state index in [9.17, 15) is 57.5 Å². The second kappa shape index (κ2) is 85.8. The first-order chi connectivity index (χ1) is 48.7. The Morgan fingerprint density at radius 1 is 0.148 bits per heavy atom. The molecule has 0 aliphatic heterocycles. The fourth-order valence-corrected chi connectivity index (χ4v) is 1.20. The van der Waals surface area contributed by atoms with E-state index in [4.69, 9.17) is 143 Å². The average Bonchev–Trinajstić information content (AvgIpc) is 0.933. The number of carboxylic acids is 12. The Kier molecular flexibility index (Phi) is 109. The van der Waals surface area contributed by atoms with Crippen molar-refractivity contribution >= 4 is 71.6 Å². The number of aliphatic hydroxyl groups excluding tert-OH is 16. The molecule has 40 nitrogen and oxygen atoms in total. The Morgan fingerprint density at radius 2 is 0.176 bits per heavy atom. The molecular formula is C68H120O40. The normalized spacial score (nSPS) is 9.00. The molecule has 0 saturated carbocycles. The second-order valence-corrected chi connectivity index (χ2v) is 21.6. The smallest absolute Gasteiger partial charge is 0.330 e. The van der Waals surface area contributed by atoms with Crippen LogP contribution in [0.5, 0.6) is 0 Å². The molecule has 0 aromatic carbocycles. The van der Waals surface area contributed by atoms with Gasteiger partial charge in [0.25, 0.3) is 0 Å². The Morgan fingerprint density at radius 3 is 0.176 bits per heavy atom. The van der Waals surface area contributed by atoms with Gasteiger partial charge in [0.2, 0.25) is 0 Å². The summed E-state index contributed by atoms with van der Waals surface area (Å²) < 4.78 is 0. The van der Waals surface area contributed by atoms with Gasteiger partial charge in [-0.25, -0.2) is 57.5 Å². The first kappa shape index (κ1) is 137. The first-order valence-electron chi connectivity index (χ1n) is 29.1. The van der Waals surface area contributed by atoms with Crippen LogP contribution >= 0.6 is 0 Å². The summed E-state index contributed by atoms with van der Waals surface area (Å²) in [6.07, 6.45) is 0. The number of carbonyl (C=O) groups is 12. The summed E-state index contributed by atoms with van der Waals surface area (Å²) in [7, 11) is 0. The highest BCUT2D eigenvalue weighted by molar-refractivity contribution is 5.88. The summed E-state index contributed by atoms with van der Waals surface area (Å²) in [5.74, 6) is -11.2. The first-order valence-corrected chi connectivity index (χ1v) is 29.1. The SMILES string of the molecule is C=C(C)C(=O)O.C=C(C)C(=O)O.C=C(C)C(=O)O.C=C(C)C(=O)O.C=C(C)C(=O)O.C=C(C)C(=O)O.C=C(C)C(=O)O.C=C(C)C(=O)O.C=C(C)C(=O)O.C=C(C)C(=O)O.C=C(C)C(=O)O.C=C(C)C(=O)O.OCC(CO)(CO)CO.OCC(CO)(CO)CO.OCC(CO)(CO)CO.OCC(CO)(CO)CO. The molecule has 0 aliphatic rings. The highest BCUT2D eigenvalue weighted by Crippen LogP contribution is 2.14. The number of hydrogen-bond donors (Lipinski definition) is 28. The maximum absolute atomic E-state index is 9.60. The van der Waals surface area contributed by atoms with E-state index >= 15 is 0 Å². The van der Waals surface area contributed by atoms with Crippen molar-refractivity contribution in [2.24, 2.45) is 21.7 Å². The van der Waals surface area contributed by atoms with E-state index in [0.29, 0.717) is 0 Å². The van der Waals surface area contributed by atoms with Gasteiger partial charge in [-0.3, -0.25) is 0 Å². The summed E-state index contributed by atoms with van der Waals surface area (Å²) >= 11 is 0. The molecule has 108 heavy (non-hydrogen) atoms. The predicted molar refractivity (Wildman–Crippen MR) is 393 cm³/mol. The van der Waals surface area contributed by atoms with Gasteiger partial charge in [-0.1, -0.05) is 78.9 Å². The zero-order valence-electron chi connectivity index (χ0n) is 63.2. The van der Waals surface area contributed by atoms with Gasteiger partial charge in [-0.15, -0.1) is 0 Å². The Bertz CT molecular complexity index is 1940. The number of hydrogen-bond acceptors (Lipinski definition) is 28. The van der Waals surface area contributed by atoms with Crippen molar-refractivity contribution in [3.8, 4) is 0 Å². The molecule has 28 N–H and O–H groups in total. The van der Waals surface area contributed by atoms with Crippen LogP contribution in [0.3, 0.4) is 0 Å². The third-order valence-electron chi connectivity index (χ3n) is 9.75. The molecule has 0 rings (SSSR count). The standard InChI is InChI=1S/4C5H12O4.12C4H6O2/c4*6-1-5(2-7,3-8)4-9;12*1-3(2)4(5)6/h4*6-9H,1-4H2;12*1H2,2H3,(H,5,6). The summed E-state index contributed by atoms with van der Waals surface area (Å²) in [4.78, 5) is 115. The molecule has 0 heterocycles. The molecule has 0 spiro atoms. The van der Waals surface area contributed by atoms with Crippen LogP contribution in [0.4, 0.5) is 0 Å². The summed E-state index contributed by atoms with van der Waals surface area (Å²) in [6.45, 7) is 48.7. The van der Waals surface area contributed by atoms with E-state index < -0.39 is 199 Å². The van der Waals surface area contributed by atoms with Crippen LogP contribution in [0.1, 0.15) is 83.1 Å². The fourth-order valence-electron chi connectivity index (χ4n) is 1.20. The minimum absolute atomic E-state index is 0.176. The molecule has 632 valence electrons. The third-order valence-corrected chi connectivity index (χ3v) is 9.75. The number of aliphatic hydroxyl groups is 16. The van der Waals surface area contributed by atoms with Crippen LogP contribution in [0.15, 0.2) is 146 Å². The van der Waals surface area contributed by atoms with Crippen LogP contribution < -0.4 is 0 Å². The number of aliphatic carboxylic acids is 12. The minimum atomic E-state index is -1.11. The van der Waals surface area contributed by atoms with Gasteiger partial charge in [-0.05, 0) is 83.1 Å². The van der Waals surface area contributed by atoms with Gasteiger partial charge in [0.1, 0.15) is 0 Å². The van der Waals surface area contributed by atoms with E-state index in [0.717, 1.165) is 0 Å². The van der Waals surface area contributed by atoms with Gasteiger partial charge >= 0.3 is 71.6 Å². The van der Waals surface area contributed by atoms with Crippen molar-refractivity contribution in [1.82, 2.24) is 0 Å². The molecule has 0 bridgehead atoms. The number of carboxylic acid groups (broad SMARTS) is 12. The van der Waals surface area contributed by atoms with Crippen LogP contribution in [0.2, 0.25) is 0 Å². The second-order valence-electron chi connectivity index (χ2n) is 21.6. The van der Waals surface area contributed by atoms with Crippen molar-refractivity contribution in [1.29, 1.82) is 0 Å². The summed E-state index contributed by atoms with van der Waals surface area (Å²) in [5, 5.41) is 231. The Hall–Kier alpha value is -10.1. The van der Waals surface area contributed by atoms with Crippen molar-refractivity contribution in [2.45, 2.75) is 83.1 Å². The van der Waals surface area contributed by atoms with Crippen molar-refractivity contribution < 1.29 is 201 Å². The van der Waals surface area contributed by atoms with Crippen LogP contribution in [-0.2, 0) is 57.5 Å². The maximum atomic E-state index is 9.60. The highest BCUT2D eigenvalue weighted by atomic mass is 16.4. The van der Waals surface area contributed by atoms with Gasteiger partial charge in [0.05, 0.1) is 127 Å². The molecule has 40 heteroatoms. The molecule has 0 amide bonds. The lowest BCUT2D eigenvalue weighted by Crippen LogP contribution is -2.37. The minimum Gasteiger partial charge on any atom is -0.478 e. The van der Waals surface area contributed by atoms with E-state index in [2.05, 4.69) is 78.9 Å². The molecule has 0 aliphatic carbocycles. The van der Waals surface area contributed by atoms with Gasteiger partial charge < -0.3 is 143 Å². The van der Waals surface area contributed by atoms with Gasteiger partial charge in [0, 0.05) is 66.9 Å². The number of rotatable bonds is 28. The molecular weight excluding hydrogens is 1460 g/mol. The Balaban J connectivity index is -0.0000000599. The lowest BCUT2D eigenvalue weighted by Gasteiger charge is -2.23. The van der Waals surface area contributed by atoms with E-state index in [1.165, 1.54) is 83.1 Å². The maximum Gasteiger partial charge on any atom is 0.330 e. The lowest BCUT2D eigenvalue weighted by molar-refractivity contribution is -0.133. The lowest BCUT2D eigenvalue weighted by atomic mass is 9.93. The van der Waals surface area contributed by atoms with Crippen molar-refractivity contribution in [3.63, 3.8) is 0 Å². The molecule has 0 radical (unpaired) electrons. The predicted octanol–water partition coefficient (Wildman–Crippen LogP) is -0.467. The molecule has 0 atom stereocenters. The molecule has 0 aromatic rings. The van der Waals surface area contributed by atoms with Crippen LogP contribution in [0.25, 0.3) is 0 Å². The fraction of sp³-hybridized carbons (Fsp3) is 0.471. The summed E-state index contributed by atoms with van der Waals surface area (Å²) in [6, 6.07) is 0.